The maximum absolute atomic E-state index is 12.2. The summed E-state index contributed by atoms with van der Waals surface area (Å²) in [5.74, 6) is -0.0693. The maximum Gasteiger partial charge on any atom is 0.321 e. The van der Waals surface area contributed by atoms with Gasteiger partial charge in [0.05, 0.1) is 10.5 Å². The lowest BCUT2D eigenvalue weighted by Crippen LogP contribution is -2.32. The number of phenols is 1. The van der Waals surface area contributed by atoms with E-state index in [1.165, 1.54) is 24.2 Å². The van der Waals surface area contributed by atoms with Crippen LogP contribution in [-0.2, 0) is 9.59 Å². The first kappa shape index (κ1) is 22.6. The Morgan fingerprint density at radius 2 is 1.94 bits per heavy atom. The van der Waals surface area contributed by atoms with Gasteiger partial charge in [-0.1, -0.05) is 11.6 Å². The quantitative estimate of drug-likeness (QED) is 0.239. The van der Waals surface area contributed by atoms with E-state index in [4.69, 9.17) is 22.4 Å². The lowest BCUT2D eigenvalue weighted by Gasteiger charge is -2.11. The van der Waals surface area contributed by atoms with Gasteiger partial charge in [-0.15, -0.1) is 0 Å². The summed E-state index contributed by atoms with van der Waals surface area (Å²) in [6, 6.07) is 9.03. The molecule has 0 spiro atoms. The highest BCUT2D eigenvalue weighted by Gasteiger charge is 2.12. The van der Waals surface area contributed by atoms with Crippen LogP contribution in [0.1, 0.15) is 6.42 Å². The average molecular weight is 462 g/mol. The third-order valence-electron chi connectivity index (χ3n) is 4.22. The number of rotatable bonds is 9. The number of amides is 1. The largest absolute Gasteiger partial charge is 0.506 e. The normalized spacial score (nSPS) is 11.8. The minimum absolute atomic E-state index is 0.0205. The van der Waals surface area contributed by atoms with Crippen molar-refractivity contribution in [3.05, 3.63) is 47.7 Å². The second-order valence-electron chi connectivity index (χ2n) is 6.56. The smallest absolute Gasteiger partial charge is 0.321 e. The third-order valence-corrected chi connectivity index (χ3v) is 5.61. The van der Waals surface area contributed by atoms with E-state index < -0.39 is 12.0 Å². The molecule has 1 atom stereocenters. The van der Waals surface area contributed by atoms with Crippen LogP contribution in [0.4, 0.5) is 17.2 Å². The Morgan fingerprint density at radius 1 is 1.16 bits per heavy atom. The van der Waals surface area contributed by atoms with Crippen LogP contribution < -0.4 is 16.4 Å². The zero-order valence-corrected chi connectivity index (χ0v) is 17.8. The molecule has 9 nitrogen and oxygen atoms in total. The summed E-state index contributed by atoms with van der Waals surface area (Å²) in [6.45, 7) is 0. The van der Waals surface area contributed by atoms with Gasteiger partial charge in [-0.05, 0) is 36.4 Å². The molecule has 1 amide bonds. The average Bonchev–Trinajstić information content (AvgIpc) is 2.74. The van der Waals surface area contributed by atoms with Gasteiger partial charge < -0.3 is 26.6 Å². The highest BCUT2D eigenvalue weighted by atomic mass is 35.5. The van der Waals surface area contributed by atoms with Crippen LogP contribution in [0.3, 0.4) is 0 Å². The molecule has 0 saturated carbocycles. The molecule has 31 heavy (non-hydrogen) atoms. The molecule has 162 valence electrons. The topological polar surface area (TPSA) is 150 Å². The number of phenolic OH excluding ortho intramolecular Hbond substituents is 1. The molecule has 1 heterocycles. The summed E-state index contributed by atoms with van der Waals surface area (Å²) in [5.41, 5.74) is 7.32. The number of carboxylic acid groups (broad SMARTS) is 1. The first-order chi connectivity index (χ1) is 14.8. The molecule has 0 bridgehead atoms. The molecule has 0 fully saturated rings. The summed E-state index contributed by atoms with van der Waals surface area (Å²) in [4.78, 5) is 31.4. The molecule has 0 aliphatic heterocycles. The number of anilines is 3. The monoisotopic (exact) mass is 461 g/mol. The number of fused-ring (bicyclic) bond motifs is 1. The van der Waals surface area contributed by atoms with Gasteiger partial charge in [-0.2, -0.15) is 11.8 Å². The molecule has 3 rings (SSSR count). The number of nitrogens with one attached hydrogen (secondary N) is 2. The van der Waals surface area contributed by atoms with Gasteiger partial charge in [0.15, 0.2) is 0 Å². The number of aliphatic carboxylic acids is 1. The number of hydrogen-bond acceptors (Lipinski definition) is 8. The molecule has 2 aromatic carbocycles. The molecule has 0 unspecified atom stereocenters. The van der Waals surface area contributed by atoms with E-state index in [1.807, 2.05) is 0 Å². The summed E-state index contributed by atoms with van der Waals surface area (Å²) in [6.07, 6.45) is 1.64. The molecule has 0 aliphatic rings. The van der Waals surface area contributed by atoms with Crippen LogP contribution in [0.15, 0.2) is 42.7 Å². The number of aromatic hydroxyl groups is 1. The number of carboxylic acids is 1. The minimum Gasteiger partial charge on any atom is -0.506 e. The fourth-order valence-corrected chi connectivity index (χ4v) is 3.70. The van der Waals surface area contributed by atoms with Crippen molar-refractivity contribution in [2.75, 3.05) is 22.1 Å². The van der Waals surface area contributed by atoms with Crippen molar-refractivity contribution >= 4 is 63.3 Å². The molecule has 0 aliphatic carbocycles. The molecule has 6 N–H and O–H groups in total. The van der Waals surface area contributed by atoms with E-state index in [-0.39, 0.29) is 28.9 Å². The van der Waals surface area contributed by atoms with Crippen LogP contribution in [0, 0.1) is 0 Å². The Kier molecular flexibility index (Phi) is 7.50. The van der Waals surface area contributed by atoms with Gasteiger partial charge in [-0.25, -0.2) is 9.97 Å². The second kappa shape index (κ2) is 10.3. The Bertz CT molecular complexity index is 1110. The maximum atomic E-state index is 12.2. The number of aromatic nitrogens is 2. The molecular formula is C20H20ClN5O4S. The summed E-state index contributed by atoms with van der Waals surface area (Å²) >= 11 is 7.27. The number of benzene rings is 2. The number of halogens is 1. The lowest BCUT2D eigenvalue weighted by molar-refractivity contribution is -0.137. The number of nitrogens with two attached hydrogens (primary N) is 1. The number of thioether (sulfide) groups is 1. The van der Waals surface area contributed by atoms with Crippen LogP contribution in [0.25, 0.3) is 10.9 Å². The van der Waals surface area contributed by atoms with E-state index in [9.17, 15) is 14.7 Å². The molecule has 0 saturated heterocycles. The molecule has 11 heteroatoms. The van der Waals surface area contributed by atoms with Gasteiger partial charge in [0.1, 0.15) is 23.9 Å². The number of carbonyl (C=O) groups is 2. The SMILES string of the molecule is N[C@@H](CSCCC(=O)Nc1ccc2ncnc(Nc3ccc(O)c(Cl)c3)c2c1)C(=O)O. The van der Waals surface area contributed by atoms with Crippen LogP contribution in [0.5, 0.6) is 5.75 Å². The summed E-state index contributed by atoms with van der Waals surface area (Å²) < 4.78 is 0. The van der Waals surface area contributed by atoms with Crippen LogP contribution in [-0.4, -0.2) is 49.6 Å². The van der Waals surface area contributed by atoms with Crippen molar-refractivity contribution < 1.29 is 19.8 Å². The standard InChI is InChI=1S/C20H20ClN5O4S/c21-14-8-12(2-4-17(14)27)26-19-13-7-11(1-3-16(13)23-10-24-19)25-18(28)5-6-31-9-15(22)20(29)30/h1-4,7-8,10,15,27H,5-6,9,22H2,(H,25,28)(H,29,30)(H,23,24,26)/t15-/m0/s1. The predicted octanol–water partition coefficient (Wildman–Crippen LogP) is 3.21. The zero-order valence-electron chi connectivity index (χ0n) is 16.2. The van der Waals surface area contributed by atoms with Crippen molar-refractivity contribution in [2.45, 2.75) is 12.5 Å². The van der Waals surface area contributed by atoms with Gasteiger partial charge in [-0.3, -0.25) is 9.59 Å². The first-order valence-electron chi connectivity index (χ1n) is 9.20. The minimum atomic E-state index is -1.06. The lowest BCUT2D eigenvalue weighted by atomic mass is 10.2. The van der Waals surface area contributed by atoms with E-state index >= 15 is 0 Å². The highest BCUT2D eigenvalue weighted by Crippen LogP contribution is 2.30. The van der Waals surface area contributed by atoms with Gasteiger partial charge in [0.2, 0.25) is 5.91 Å². The second-order valence-corrected chi connectivity index (χ2v) is 8.12. The van der Waals surface area contributed by atoms with Crippen molar-refractivity contribution in [1.29, 1.82) is 0 Å². The molecule has 0 radical (unpaired) electrons. The van der Waals surface area contributed by atoms with Crippen LogP contribution >= 0.6 is 23.4 Å². The number of nitrogens with zero attached hydrogens (tertiary/aromatic N) is 2. The van der Waals surface area contributed by atoms with Gasteiger partial charge >= 0.3 is 5.97 Å². The van der Waals surface area contributed by atoms with Crippen molar-refractivity contribution in [1.82, 2.24) is 9.97 Å². The Morgan fingerprint density at radius 3 is 2.68 bits per heavy atom. The predicted molar refractivity (Wildman–Crippen MR) is 122 cm³/mol. The van der Waals surface area contributed by atoms with Crippen molar-refractivity contribution in [3.63, 3.8) is 0 Å². The van der Waals surface area contributed by atoms with E-state index in [0.717, 1.165) is 0 Å². The summed E-state index contributed by atoms with van der Waals surface area (Å²) in [7, 11) is 0. The highest BCUT2D eigenvalue weighted by molar-refractivity contribution is 7.99. The van der Waals surface area contributed by atoms with E-state index in [1.54, 1.807) is 30.3 Å². The Hall–Kier alpha value is -3.08. The Labute approximate surface area is 187 Å². The Balaban J connectivity index is 1.67. The number of hydrogen-bond donors (Lipinski definition) is 5. The zero-order chi connectivity index (χ0) is 22.4. The fraction of sp³-hybridized carbons (Fsp3) is 0.200. The van der Waals surface area contributed by atoms with E-state index in [0.29, 0.717) is 33.8 Å². The van der Waals surface area contributed by atoms with E-state index in [2.05, 4.69) is 20.6 Å². The van der Waals surface area contributed by atoms with Crippen molar-refractivity contribution in [2.24, 2.45) is 5.73 Å². The van der Waals surface area contributed by atoms with Crippen LogP contribution in [0.2, 0.25) is 5.02 Å². The van der Waals surface area contributed by atoms with Gasteiger partial charge in [0, 0.05) is 34.7 Å². The molecular weight excluding hydrogens is 442 g/mol. The third kappa shape index (κ3) is 6.20. The molecule has 1 aromatic heterocycles. The fourth-order valence-electron chi connectivity index (χ4n) is 2.63. The summed E-state index contributed by atoms with van der Waals surface area (Å²) in [5, 5.41) is 25.2. The number of carbonyl (C=O) groups excluding carboxylic acids is 1. The van der Waals surface area contributed by atoms with Crippen molar-refractivity contribution in [3.8, 4) is 5.75 Å². The molecule has 3 aromatic rings. The first-order valence-corrected chi connectivity index (χ1v) is 10.7. The van der Waals surface area contributed by atoms with Gasteiger partial charge in [0.25, 0.3) is 0 Å².